The van der Waals surface area contributed by atoms with Crippen molar-refractivity contribution in [1.82, 2.24) is 9.78 Å². The van der Waals surface area contributed by atoms with E-state index < -0.39 is 5.92 Å². The lowest BCUT2D eigenvalue weighted by Crippen LogP contribution is -2.13. The first-order valence-corrected chi connectivity index (χ1v) is 8.10. The van der Waals surface area contributed by atoms with E-state index in [9.17, 15) is 13.6 Å². The molecule has 0 fully saturated rings. The van der Waals surface area contributed by atoms with Gasteiger partial charge in [0.25, 0.3) is 11.8 Å². The van der Waals surface area contributed by atoms with Crippen LogP contribution in [0.5, 0.6) is 0 Å². The molecule has 1 amide bonds. The number of nitrogens with zero attached hydrogens (tertiary/aromatic N) is 2. The minimum atomic E-state index is -2.96. The third-order valence-corrected chi connectivity index (χ3v) is 4.33. The van der Waals surface area contributed by atoms with Gasteiger partial charge in [-0.1, -0.05) is 18.2 Å². The maximum absolute atomic E-state index is 13.4. The van der Waals surface area contributed by atoms with Gasteiger partial charge in [-0.05, 0) is 23.6 Å². The van der Waals surface area contributed by atoms with E-state index in [1.165, 1.54) is 29.5 Å². The Morgan fingerprint density at radius 1 is 1.29 bits per heavy atom. The van der Waals surface area contributed by atoms with Crippen LogP contribution in [0.25, 0.3) is 10.6 Å². The number of hydrogen-bond donors (Lipinski definition) is 1. The summed E-state index contributed by atoms with van der Waals surface area (Å²) in [4.78, 5) is 13.4. The molecule has 1 aromatic carbocycles. The molecule has 0 saturated carbocycles. The number of halogens is 2. The molecule has 0 aliphatic carbocycles. The van der Waals surface area contributed by atoms with E-state index in [1.807, 2.05) is 17.5 Å². The van der Waals surface area contributed by atoms with Crippen LogP contribution >= 0.6 is 11.3 Å². The Kier molecular flexibility index (Phi) is 4.19. The Bertz CT molecular complexity index is 866. The molecule has 24 heavy (non-hydrogen) atoms. The van der Waals surface area contributed by atoms with Crippen molar-refractivity contribution < 1.29 is 13.6 Å². The zero-order valence-electron chi connectivity index (χ0n) is 13.1. The van der Waals surface area contributed by atoms with Crippen LogP contribution in [-0.2, 0) is 13.0 Å². The van der Waals surface area contributed by atoms with Gasteiger partial charge < -0.3 is 5.32 Å². The Balaban J connectivity index is 1.89. The summed E-state index contributed by atoms with van der Waals surface area (Å²) in [5.41, 5.74) is 1.14. The SMILES string of the molecule is Cn1cc(C(=O)Nc2cccc(C(C)(F)F)c2)c(-c2cccs2)n1. The molecule has 0 radical (unpaired) electrons. The van der Waals surface area contributed by atoms with Crippen molar-refractivity contribution in [2.75, 3.05) is 5.32 Å². The number of thiophene rings is 1. The average molecular weight is 347 g/mol. The zero-order chi connectivity index (χ0) is 17.3. The predicted octanol–water partition coefficient (Wildman–Crippen LogP) is 4.51. The highest BCUT2D eigenvalue weighted by molar-refractivity contribution is 7.13. The van der Waals surface area contributed by atoms with Gasteiger partial charge in [0.05, 0.1) is 10.4 Å². The average Bonchev–Trinajstić information content (AvgIpc) is 3.15. The first kappa shape index (κ1) is 16.3. The molecule has 4 nitrogen and oxygen atoms in total. The minimum absolute atomic E-state index is 0.148. The van der Waals surface area contributed by atoms with Gasteiger partial charge in [-0.2, -0.15) is 5.10 Å². The van der Waals surface area contributed by atoms with E-state index in [2.05, 4.69) is 10.4 Å². The highest BCUT2D eigenvalue weighted by Gasteiger charge is 2.25. The number of benzene rings is 1. The van der Waals surface area contributed by atoms with Crippen molar-refractivity contribution in [3.8, 4) is 10.6 Å². The smallest absolute Gasteiger partial charge is 0.270 e. The van der Waals surface area contributed by atoms with E-state index in [0.29, 0.717) is 16.9 Å². The van der Waals surface area contributed by atoms with Crippen LogP contribution in [0.1, 0.15) is 22.8 Å². The van der Waals surface area contributed by atoms with E-state index in [1.54, 1.807) is 24.0 Å². The number of anilines is 1. The Labute approximate surface area is 141 Å². The van der Waals surface area contributed by atoms with Gasteiger partial charge in [0.15, 0.2) is 0 Å². The normalized spacial score (nSPS) is 11.5. The lowest BCUT2D eigenvalue weighted by Gasteiger charge is -2.12. The molecule has 0 aliphatic heterocycles. The van der Waals surface area contributed by atoms with Crippen LogP contribution in [0.2, 0.25) is 0 Å². The molecule has 0 aliphatic rings. The summed E-state index contributed by atoms with van der Waals surface area (Å²) >= 11 is 1.48. The Morgan fingerprint density at radius 2 is 2.08 bits per heavy atom. The van der Waals surface area contributed by atoms with Crippen molar-refractivity contribution in [3.05, 3.63) is 59.1 Å². The van der Waals surface area contributed by atoms with Crippen molar-refractivity contribution in [1.29, 1.82) is 0 Å². The fourth-order valence-electron chi connectivity index (χ4n) is 2.32. The van der Waals surface area contributed by atoms with Crippen LogP contribution in [0, 0.1) is 0 Å². The van der Waals surface area contributed by atoms with E-state index in [4.69, 9.17) is 0 Å². The minimum Gasteiger partial charge on any atom is -0.322 e. The second-order valence-electron chi connectivity index (χ2n) is 5.47. The third-order valence-electron chi connectivity index (χ3n) is 3.46. The van der Waals surface area contributed by atoms with Crippen molar-refractivity contribution in [2.45, 2.75) is 12.8 Å². The monoisotopic (exact) mass is 347 g/mol. The Hall–Kier alpha value is -2.54. The first-order chi connectivity index (χ1) is 11.3. The number of alkyl halides is 2. The molecule has 0 atom stereocenters. The highest BCUT2D eigenvalue weighted by atomic mass is 32.1. The molecule has 2 aromatic heterocycles. The van der Waals surface area contributed by atoms with Crippen LogP contribution < -0.4 is 5.32 Å². The summed E-state index contributed by atoms with van der Waals surface area (Å²) in [7, 11) is 1.73. The van der Waals surface area contributed by atoms with Gasteiger partial charge in [0, 0.05) is 31.4 Å². The summed E-state index contributed by atoms with van der Waals surface area (Å²) in [6.45, 7) is 0.823. The number of aryl methyl sites for hydroxylation is 1. The topological polar surface area (TPSA) is 46.9 Å². The van der Waals surface area contributed by atoms with Gasteiger partial charge in [0.1, 0.15) is 5.69 Å². The molecular formula is C17H15F2N3OS. The summed E-state index contributed by atoms with van der Waals surface area (Å²) < 4.78 is 28.4. The molecule has 0 saturated heterocycles. The predicted molar refractivity (Wildman–Crippen MR) is 90.5 cm³/mol. The second-order valence-corrected chi connectivity index (χ2v) is 6.41. The molecule has 2 heterocycles. The van der Waals surface area contributed by atoms with Crippen molar-refractivity contribution in [3.63, 3.8) is 0 Å². The second kappa shape index (κ2) is 6.16. The number of carbonyl (C=O) groups excluding carboxylic acids is 1. The number of nitrogens with one attached hydrogen (secondary N) is 1. The van der Waals surface area contributed by atoms with Gasteiger partial charge in [-0.15, -0.1) is 11.3 Å². The fourth-order valence-corrected chi connectivity index (χ4v) is 3.04. The van der Waals surface area contributed by atoms with E-state index >= 15 is 0 Å². The summed E-state index contributed by atoms with van der Waals surface area (Å²) in [5, 5.41) is 8.89. The van der Waals surface area contributed by atoms with E-state index in [0.717, 1.165) is 11.8 Å². The maximum atomic E-state index is 13.4. The molecular weight excluding hydrogens is 332 g/mol. The van der Waals surface area contributed by atoms with Gasteiger partial charge in [0.2, 0.25) is 0 Å². The van der Waals surface area contributed by atoms with Crippen molar-refractivity contribution in [2.24, 2.45) is 7.05 Å². The summed E-state index contributed by atoms with van der Waals surface area (Å²) in [6, 6.07) is 9.43. The van der Waals surface area contributed by atoms with Crippen LogP contribution in [0.3, 0.4) is 0 Å². The lowest BCUT2D eigenvalue weighted by molar-refractivity contribution is 0.0175. The number of amides is 1. The van der Waals surface area contributed by atoms with Crippen LogP contribution in [0.15, 0.2) is 48.0 Å². The fraction of sp³-hybridized carbons (Fsp3) is 0.176. The van der Waals surface area contributed by atoms with Gasteiger partial charge in [-0.3, -0.25) is 9.48 Å². The largest absolute Gasteiger partial charge is 0.322 e. The standard InChI is InChI=1S/C17H15F2N3OS/c1-17(18,19)11-5-3-6-12(9-11)20-16(23)13-10-22(2)21-15(13)14-7-4-8-24-14/h3-10H,1-2H3,(H,20,23). The molecule has 0 bridgehead atoms. The van der Waals surface area contributed by atoms with Gasteiger partial charge >= 0.3 is 0 Å². The molecule has 0 spiro atoms. The number of rotatable bonds is 4. The molecule has 3 aromatic rings. The summed E-state index contributed by atoms with van der Waals surface area (Å²) in [5.74, 6) is -3.35. The zero-order valence-corrected chi connectivity index (χ0v) is 13.9. The highest BCUT2D eigenvalue weighted by Crippen LogP contribution is 2.30. The number of aromatic nitrogens is 2. The van der Waals surface area contributed by atoms with Crippen LogP contribution in [0.4, 0.5) is 14.5 Å². The Morgan fingerprint density at radius 3 is 2.75 bits per heavy atom. The molecule has 0 unspecified atom stereocenters. The molecule has 3 rings (SSSR count). The third kappa shape index (κ3) is 3.35. The molecule has 124 valence electrons. The summed E-state index contributed by atoms with van der Waals surface area (Å²) in [6.07, 6.45) is 1.61. The van der Waals surface area contributed by atoms with Crippen molar-refractivity contribution >= 4 is 22.9 Å². The number of hydrogen-bond acceptors (Lipinski definition) is 3. The molecule has 7 heteroatoms. The van der Waals surface area contributed by atoms with Gasteiger partial charge in [-0.25, -0.2) is 8.78 Å². The van der Waals surface area contributed by atoms with Crippen LogP contribution in [-0.4, -0.2) is 15.7 Å². The number of carbonyl (C=O) groups is 1. The lowest BCUT2D eigenvalue weighted by atomic mass is 10.1. The van der Waals surface area contributed by atoms with E-state index in [-0.39, 0.29) is 11.5 Å². The quantitative estimate of drug-likeness (QED) is 0.755. The molecule has 1 N–H and O–H groups in total. The maximum Gasteiger partial charge on any atom is 0.270 e. The first-order valence-electron chi connectivity index (χ1n) is 7.22.